The Morgan fingerprint density at radius 3 is 2.75 bits per heavy atom. The van der Waals surface area contributed by atoms with Crippen LogP contribution in [0, 0.1) is 9.39 Å². The van der Waals surface area contributed by atoms with Gasteiger partial charge >= 0.3 is 0 Å². The van der Waals surface area contributed by atoms with E-state index in [0.717, 1.165) is 15.6 Å². The van der Waals surface area contributed by atoms with Crippen LogP contribution in [0.1, 0.15) is 22.8 Å². The fourth-order valence-electron chi connectivity index (χ4n) is 0.965. The first-order valence-electron chi connectivity index (χ1n) is 3.62. The molecule has 0 saturated carbocycles. The summed E-state index contributed by atoms with van der Waals surface area (Å²) in [6, 6.07) is 2.99. The molecule has 1 aromatic rings. The standard InChI is InChI=1S/C9H8FIO/c1-2-6-3-8(10)7(5-12)4-9(6)11/h3-5H,2H2,1H3. The lowest BCUT2D eigenvalue weighted by Crippen LogP contribution is -1.94. The average Bonchev–Trinajstić information content (AvgIpc) is 2.08. The zero-order valence-corrected chi connectivity index (χ0v) is 8.76. The molecule has 0 spiro atoms. The van der Waals surface area contributed by atoms with Gasteiger partial charge in [-0.3, -0.25) is 4.79 Å². The number of benzene rings is 1. The summed E-state index contributed by atoms with van der Waals surface area (Å²) in [7, 11) is 0. The third-order valence-electron chi connectivity index (χ3n) is 1.67. The van der Waals surface area contributed by atoms with Gasteiger partial charge in [0.05, 0.1) is 5.56 Å². The first kappa shape index (κ1) is 9.64. The highest BCUT2D eigenvalue weighted by atomic mass is 127. The molecule has 0 saturated heterocycles. The molecular weight excluding hydrogens is 270 g/mol. The Morgan fingerprint density at radius 1 is 1.58 bits per heavy atom. The van der Waals surface area contributed by atoms with Gasteiger partial charge in [0.2, 0.25) is 0 Å². The van der Waals surface area contributed by atoms with E-state index in [-0.39, 0.29) is 5.56 Å². The fraction of sp³-hybridized carbons (Fsp3) is 0.222. The van der Waals surface area contributed by atoms with Crippen molar-refractivity contribution in [3.05, 3.63) is 32.6 Å². The van der Waals surface area contributed by atoms with Gasteiger partial charge in [0.1, 0.15) is 5.82 Å². The smallest absolute Gasteiger partial charge is 0.153 e. The highest BCUT2D eigenvalue weighted by Crippen LogP contribution is 2.17. The zero-order chi connectivity index (χ0) is 9.14. The van der Waals surface area contributed by atoms with Crippen LogP contribution in [0.4, 0.5) is 4.39 Å². The number of carbonyl (C=O) groups excluding carboxylic acids is 1. The molecule has 1 aromatic carbocycles. The lowest BCUT2D eigenvalue weighted by Gasteiger charge is -2.02. The minimum Gasteiger partial charge on any atom is -0.298 e. The molecule has 1 nitrogen and oxygen atoms in total. The molecule has 0 N–H and O–H groups in total. The molecule has 12 heavy (non-hydrogen) atoms. The van der Waals surface area contributed by atoms with Crippen LogP contribution >= 0.6 is 22.6 Å². The topological polar surface area (TPSA) is 17.1 Å². The monoisotopic (exact) mass is 278 g/mol. The summed E-state index contributed by atoms with van der Waals surface area (Å²) in [6.07, 6.45) is 1.32. The van der Waals surface area contributed by atoms with Crippen LogP contribution in [0.2, 0.25) is 0 Å². The van der Waals surface area contributed by atoms with E-state index in [1.54, 1.807) is 6.07 Å². The fourth-order valence-corrected chi connectivity index (χ4v) is 1.84. The first-order valence-corrected chi connectivity index (χ1v) is 4.70. The number of aryl methyl sites for hydroxylation is 1. The van der Waals surface area contributed by atoms with Gasteiger partial charge in [0, 0.05) is 3.57 Å². The second-order valence-electron chi connectivity index (χ2n) is 2.44. The Hall–Kier alpha value is -0.450. The van der Waals surface area contributed by atoms with Crippen LogP contribution in [0.3, 0.4) is 0 Å². The molecule has 64 valence electrons. The number of carbonyl (C=O) groups is 1. The number of halogens is 2. The second kappa shape index (κ2) is 3.98. The Kier molecular flexibility index (Phi) is 3.20. The third-order valence-corrected chi connectivity index (χ3v) is 2.68. The van der Waals surface area contributed by atoms with Crippen molar-refractivity contribution in [3.8, 4) is 0 Å². The second-order valence-corrected chi connectivity index (χ2v) is 3.60. The highest BCUT2D eigenvalue weighted by Gasteiger charge is 2.05. The summed E-state index contributed by atoms with van der Waals surface area (Å²) in [5.41, 5.74) is 1.08. The van der Waals surface area contributed by atoms with Gasteiger partial charge in [-0.25, -0.2) is 4.39 Å². The van der Waals surface area contributed by atoms with Gasteiger partial charge in [-0.1, -0.05) is 6.92 Å². The van der Waals surface area contributed by atoms with Crippen molar-refractivity contribution >= 4 is 28.9 Å². The molecule has 0 amide bonds. The molecule has 0 heterocycles. The van der Waals surface area contributed by atoms with E-state index in [1.165, 1.54) is 6.07 Å². The van der Waals surface area contributed by atoms with E-state index in [4.69, 9.17) is 0 Å². The molecule has 0 aliphatic carbocycles. The maximum Gasteiger partial charge on any atom is 0.153 e. The summed E-state index contributed by atoms with van der Waals surface area (Å²) >= 11 is 2.10. The molecule has 0 bridgehead atoms. The van der Waals surface area contributed by atoms with Gasteiger partial charge < -0.3 is 0 Å². The van der Waals surface area contributed by atoms with Crippen molar-refractivity contribution in [3.63, 3.8) is 0 Å². The van der Waals surface area contributed by atoms with Gasteiger partial charge in [0.15, 0.2) is 6.29 Å². The minimum atomic E-state index is -0.428. The zero-order valence-electron chi connectivity index (χ0n) is 6.60. The van der Waals surface area contributed by atoms with Crippen LogP contribution in [-0.4, -0.2) is 6.29 Å². The number of hydrogen-bond donors (Lipinski definition) is 0. The lowest BCUT2D eigenvalue weighted by atomic mass is 10.1. The number of hydrogen-bond acceptors (Lipinski definition) is 1. The van der Waals surface area contributed by atoms with Crippen LogP contribution < -0.4 is 0 Å². The highest BCUT2D eigenvalue weighted by molar-refractivity contribution is 14.1. The van der Waals surface area contributed by atoms with Crippen LogP contribution in [0.25, 0.3) is 0 Å². The van der Waals surface area contributed by atoms with Crippen LogP contribution in [-0.2, 0) is 6.42 Å². The molecule has 3 heteroatoms. The molecule has 0 radical (unpaired) electrons. The predicted octanol–water partition coefficient (Wildman–Crippen LogP) is 2.81. The summed E-state index contributed by atoms with van der Waals surface area (Å²) in [4.78, 5) is 10.3. The predicted molar refractivity (Wildman–Crippen MR) is 53.9 cm³/mol. The quantitative estimate of drug-likeness (QED) is 0.600. The van der Waals surface area contributed by atoms with Crippen molar-refractivity contribution in [2.24, 2.45) is 0 Å². The Labute approximate surface area is 84.1 Å². The molecule has 0 unspecified atom stereocenters. The minimum absolute atomic E-state index is 0.136. The summed E-state index contributed by atoms with van der Waals surface area (Å²) in [6.45, 7) is 1.96. The van der Waals surface area contributed by atoms with Crippen molar-refractivity contribution < 1.29 is 9.18 Å². The summed E-state index contributed by atoms with van der Waals surface area (Å²) in [5.74, 6) is -0.428. The SMILES string of the molecule is CCc1cc(F)c(C=O)cc1I. The van der Waals surface area contributed by atoms with E-state index >= 15 is 0 Å². The summed E-state index contributed by atoms with van der Waals surface area (Å²) < 4.78 is 13.9. The van der Waals surface area contributed by atoms with Gasteiger partial charge in [-0.05, 0) is 46.7 Å². The van der Waals surface area contributed by atoms with E-state index in [2.05, 4.69) is 22.6 Å². The molecule has 0 aliphatic heterocycles. The molecule has 0 aromatic heterocycles. The van der Waals surface area contributed by atoms with Gasteiger partial charge in [-0.2, -0.15) is 0 Å². The van der Waals surface area contributed by atoms with E-state index in [1.807, 2.05) is 6.92 Å². The van der Waals surface area contributed by atoms with Gasteiger partial charge in [-0.15, -0.1) is 0 Å². The first-order chi connectivity index (χ1) is 5.69. The number of aldehydes is 1. The summed E-state index contributed by atoms with van der Waals surface area (Å²) in [5, 5.41) is 0. The largest absolute Gasteiger partial charge is 0.298 e. The number of rotatable bonds is 2. The Bertz CT molecular complexity index is 310. The van der Waals surface area contributed by atoms with E-state index in [9.17, 15) is 9.18 Å². The van der Waals surface area contributed by atoms with Crippen molar-refractivity contribution in [1.82, 2.24) is 0 Å². The maximum absolute atomic E-state index is 13.0. The molecule has 0 aliphatic rings. The van der Waals surface area contributed by atoms with Crippen molar-refractivity contribution in [1.29, 1.82) is 0 Å². The van der Waals surface area contributed by atoms with Crippen LogP contribution in [0.5, 0.6) is 0 Å². The average molecular weight is 278 g/mol. The van der Waals surface area contributed by atoms with E-state index in [0.29, 0.717) is 6.29 Å². The Morgan fingerprint density at radius 2 is 2.25 bits per heavy atom. The molecule has 0 fully saturated rings. The molecular formula is C9H8FIO. The Balaban J connectivity index is 3.25. The van der Waals surface area contributed by atoms with Gasteiger partial charge in [0.25, 0.3) is 0 Å². The molecule has 0 atom stereocenters. The molecule has 1 rings (SSSR count). The normalized spacial score (nSPS) is 9.92. The third kappa shape index (κ3) is 1.83. The lowest BCUT2D eigenvalue weighted by molar-refractivity contribution is 0.111. The van der Waals surface area contributed by atoms with Crippen molar-refractivity contribution in [2.75, 3.05) is 0 Å². The van der Waals surface area contributed by atoms with E-state index < -0.39 is 5.82 Å². The van der Waals surface area contributed by atoms with Crippen LogP contribution in [0.15, 0.2) is 12.1 Å². The van der Waals surface area contributed by atoms with Crippen molar-refractivity contribution in [2.45, 2.75) is 13.3 Å². The maximum atomic E-state index is 13.0.